The van der Waals surface area contributed by atoms with E-state index in [2.05, 4.69) is 0 Å². The van der Waals surface area contributed by atoms with Crippen molar-refractivity contribution in [3.8, 4) is 0 Å². The highest BCUT2D eigenvalue weighted by Crippen LogP contribution is 2.31. The van der Waals surface area contributed by atoms with Crippen molar-refractivity contribution in [3.63, 3.8) is 0 Å². The van der Waals surface area contributed by atoms with Crippen LogP contribution in [0.4, 0.5) is 0 Å². The fourth-order valence-corrected chi connectivity index (χ4v) is 4.42. The summed E-state index contributed by atoms with van der Waals surface area (Å²) in [4.78, 5) is 40.0. The van der Waals surface area contributed by atoms with E-state index in [-0.39, 0.29) is 24.7 Å². The third-order valence-corrected chi connectivity index (χ3v) is 5.26. The van der Waals surface area contributed by atoms with Crippen molar-refractivity contribution in [1.29, 1.82) is 0 Å². The van der Waals surface area contributed by atoms with Crippen molar-refractivity contribution in [3.05, 3.63) is 0 Å². The summed E-state index contributed by atoms with van der Waals surface area (Å²) in [6.45, 7) is 5.28. The van der Waals surface area contributed by atoms with Crippen LogP contribution < -0.4 is 0 Å². The number of hydrogen-bond acceptors (Lipinski definition) is 8. The third kappa shape index (κ3) is 4.20. The zero-order valence-corrected chi connectivity index (χ0v) is 15.2. The number of carbonyl (C=O) groups excluding carboxylic acids is 3. The molecule has 0 aromatic carbocycles. The number of carbonyl (C=O) groups is 3. The molecule has 1 amide bonds. The highest BCUT2D eigenvalue weighted by atomic mass is 32.2. The molecule has 0 N–H and O–H groups in total. The Morgan fingerprint density at radius 2 is 1.67 bits per heavy atom. The van der Waals surface area contributed by atoms with Gasteiger partial charge in [-0.2, -0.15) is 0 Å². The van der Waals surface area contributed by atoms with Gasteiger partial charge in [0.2, 0.25) is 5.91 Å². The Balaban J connectivity index is 2.11. The van der Waals surface area contributed by atoms with Crippen LogP contribution in [0, 0.1) is 0 Å². The van der Waals surface area contributed by atoms with Crippen molar-refractivity contribution in [2.24, 2.45) is 0 Å². The average Bonchev–Trinajstić information content (AvgIpc) is 2.97. The normalized spacial score (nSPS) is 30.9. The quantitative estimate of drug-likeness (QED) is 0.633. The van der Waals surface area contributed by atoms with Crippen LogP contribution in [0.15, 0.2) is 0 Å². The fourth-order valence-electron chi connectivity index (χ4n) is 3.10. The standard InChI is InChI=1S/C15H24N2O6S/c1-9-5-16(6-10(2)23-9)7-12(18)17-11(14(19)21-3)8-24-13(17)15(20)22-4/h9-11,13H,5-8H2,1-4H3/t9-,10-,11-,13+/m0/s1. The first-order chi connectivity index (χ1) is 11.4. The molecule has 136 valence electrons. The highest BCUT2D eigenvalue weighted by molar-refractivity contribution is 8.00. The predicted molar refractivity (Wildman–Crippen MR) is 87.4 cm³/mol. The lowest BCUT2D eigenvalue weighted by atomic mass is 10.2. The SMILES string of the molecule is COC(=O)[C@H]1SC[C@@H](C(=O)OC)N1C(=O)CN1C[C@H](C)O[C@@H](C)C1. The lowest BCUT2D eigenvalue weighted by molar-refractivity contribution is -0.158. The molecule has 24 heavy (non-hydrogen) atoms. The summed E-state index contributed by atoms with van der Waals surface area (Å²) >= 11 is 1.21. The van der Waals surface area contributed by atoms with Gasteiger partial charge >= 0.3 is 11.9 Å². The van der Waals surface area contributed by atoms with Crippen LogP contribution in [0.25, 0.3) is 0 Å². The molecular weight excluding hydrogens is 336 g/mol. The van der Waals surface area contributed by atoms with E-state index in [4.69, 9.17) is 14.2 Å². The molecule has 2 heterocycles. The minimum Gasteiger partial charge on any atom is -0.467 e. The molecule has 0 saturated carbocycles. The molecule has 2 fully saturated rings. The van der Waals surface area contributed by atoms with E-state index in [1.54, 1.807) is 0 Å². The molecule has 2 aliphatic rings. The molecular formula is C15H24N2O6S. The van der Waals surface area contributed by atoms with Gasteiger partial charge in [-0.1, -0.05) is 0 Å². The number of hydrogen-bond donors (Lipinski definition) is 0. The van der Waals surface area contributed by atoms with Crippen LogP contribution in [0.2, 0.25) is 0 Å². The zero-order chi connectivity index (χ0) is 17.9. The summed E-state index contributed by atoms with van der Waals surface area (Å²) in [5.74, 6) is -1.03. The smallest absolute Gasteiger partial charge is 0.339 e. The van der Waals surface area contributed by atoms with E-state index in [1.807, 2.05) is 18.7 Å². The Hall–Kier alpha value is -1.32. The molecule has 9 heteroatoms. The van der Waals surface area contributed by atoms with Crippen molar-refractivity contribution >= 4 is 29.6 Å². The molecule has 0 aliphatic carbocycles. The molecule has 8 nitrogen and oxygen atoms in total. The average molecular weight is 360 g/mol. The molecule has 2 aliphatic heterocycles. The second-order valence-corrected chi connectivity index (χ2v) is 7.11. The number of esters is 2. The van der Waals surface area contributed by atoms with E-state index in [9.17, 15) is 14.4 Å². The van der Waals surface area contributed by atoms with Crippen LogP contribution in [0.5, 0.6) is 0 Å². The van der Waals surface area contributed by atoms with Crippen molar-refractivity contribution in [1.82, 2.24) is 9.80 Å². The molecule has 4 atom stereocenters. The van der Waals surface area contributed by atoms with E-state index in [0.29, 0.717) is 18.8 Å². The molecule has 0 aromatic rings. The number of morpholine rings is 1. The molecule has 0 aromatic heterocycles. The summed E-state index contributed by atoms with van der Waals surface area (Å²) in [6, 6.07) is -0.771. The lowest BCUT2D eigenvalue weighted by Crippen LogP contribution is -2.54. The van der Waals surface area contributed by atoms with Crippen LogP contribution in [-0.4, -0.2) is 90.9 Å². The second-order valence-electron chi connectivity index (χ2n) is 6.00. The maximum Gasteiger partial charge on any atom is 0.339 e. The van der Waals surface area contributed by atoms with E-state index in [1.165, 1.54) is 30.9 Å². The summed E-state index contributed by atoms with van der Waals surface area (Å²) in [5.41, 5.74) is 0. The van der Waals surface area contributed by atoms with Gasteiger partial charge in [0.25, 0.3) is 0 Å². The summed E-state index contributed by atoms with van der Waals surface area (Å²) < 4.78 is 15.2. The molecule has 0 radical (unpaired) electrons. The molecule has 0 spiro atoms. The van der Waals surface area contributed by atoms with E-state index in [0.717, 1.165) is 0 Å². The number of ether oxygens (including phenoxy) is 3. The van der Waals surface area contributed by atoms with Crippen LogP contribution in [0.1, 0.15) is 13.8 Å². The van der Waals surface area contributed by atoms with Gasteiger partial charge in [0, 0.05) is 18.8 Å². The Bertz CT molecular complexity index is 468. The first-order valence-electron chi connectivity index (χ1n) is 7.83. The molecule has 2 rings (SSSR count). The van der Waals surface area contributed by atoms with Crippen molar-refractivity contribution in [2.45, 2.75) is 37.5 Å². The van der Waals surface area contributed by atoms with Crippen molar-refractivity contribution < 1.29 is 28.6 Å². The van der Waals surface area contributed by atoms with Gasteiger partial charge in [0.15, 0.2) is 5.37 Å². The largest absolute Gasteiger partial charge is 0.467 e. The Morgan fingerprint density at radius 1 is 1.08 bits per heavy atom. The molecule has 2 saturated heterocycles. The zero-order valence-electron chi connectivity index (χ0n) is 14.4. The van der Waals surface area contributed by atoms with Gasteiger partial charge in [-0.25, -0.2) is 9.59 Å². The Labute approximate surface area is 145 Å². The lowest BCUT2D eigenvalue weighted by Gasteiger charge is -2.36. The first kappa shape index (κ1) is 19.0. The maximum atomic E-state index is 12.8. The van der Waals surface area contributed by atoms with Crippen LogP contribution >= 0.6 is 11.8 Å². The molecule has 0 bridgehead atoms. The topological polar surface area (TPSA) is 85.4 Å². The minimum atomic E-state index is -0.817. The van der Waals surface area contributed by atoms with E-state index < -0.39 is 23.4 Å². The maximum absolute atomic E-state index is 12.8. The van der Waals surface area contributed by atoms with Gasteiger partial charge in [0.05, 0.1) is 33.0 Å². The number of rotatable bonds is 4. The summed E-state index contributed by atoms with van der Waals surface area (Å²) in [6.07, 6.45) is 0.0598. The Morgan fingerprint density at radius 3 is 2.21 bits per heavy atom. The number of thioether (sulfide) groups is 1. The Kier molecular flexibility index (Phi) is 6.47. The summed E-state index contributed by atoms with van der Waals surface area (Å²) in [7, 11) is 2.54. The summed E-state index contributed by atoms with van der Waals surface area (Å²) in [5, 5.41) is -0.817. The number of nitrogens with zero attached hydrogens (tertiary/aromatic N) is 2. The van der Waals surface area contributed by atoms with Crippen molar-refractivity contribution in [2.75, 3.05) is 39.6 Å². The molecule has 0 unspecified atom stereocenters. The fraction of sp³-hybridized carbons (Fsp3) is 0.800. The second kappa shape index (κ2) is 8.17. The van der Waals surface area contributed by atoms with Gasteiger partial charge in [0.1, 0.15) is 6.04 Å². The van der Waals surface area contributed by atoms with Gasteiger partial charge in [-0.15, -0.1) is 11.8 Å². The predicted octanol–water partition coefficient (Wildman–Crippen LogP) is -0.288. The van der Waals surface area contributed by atoms with Crippen LogP contribution in [0.3, 0.4) is 0 Å². The monoisotopic (exact) mass is 360 g/mol. The van der Waals surface area contributed by atoms with Gasteiger partial charge in [-0.3, -0.25) is 9.69 Å². The number of methoxy groups -OCH3 is 2. The van der Waals surface area contributed by atoms with Crippen LogP contribution in [-0.2, 0) is 28.6 Å². The number of amides is 1. The minimum absolute atomic E-state index is 0.0299. The van der Waals surface area contributed by atoms with Gasteiger partial charge < -0.3 is 19.1 Å². The van der Waals surface area contributed by atoms with E-state index >= 15 is 0 Å². The first-order valence-corrected chi connectivity index (χ1v) is 8.88. The third-order valence-electron chi connectivity index (χ3n) is 4.02. The highest BCUT2D eigenvalue weighted by Gasteiger charge is 2.46. The van der Waals surface area contributed by atoms with Gasteiger partial charge in [-0.05, 0) is 13.8 Å².